The van der Waals surface area contributed by atoms with Crippen molar-refractivity contribution >= 4 is 27.6 Å². The van der Waals surface area contributed by atoms with Gasteiger partial charge in [0.25, 0.3) is 5.91 Å². The molecule has 114 valence electrons. The lowest BCUT2D eigenvalue weighted by atomic mass is 10.3. The standard InChI is InChI=1S/C15H16N4O2S/c1-9-14(7-13(19(9)3)15(20)16-2)22(21)11-4-5-12-10(6-11)8-17-18-12/h4-8H,1-3H3,(H,16,20)(H,17,18). The van der Waals surface area contributed by atoms with Crippen molar-refractivity contribution in [3.05, 3.63) is 41.9 Å². The smallest absolute Gasteiger partial charge is 0.267 e. The maximum Gasteiger partial charge on any atom is 0.267 e. The van der Waals surface area contributed by atoms with Gasteiger partial charge in [-0.3, -0.25) is 9.89 Å². The third-order valence-electron chi connectivity index (χ3n) is 3.77. The van der Waals surface area contributed by atoms with E-state index in [1.54, 1.807) is 30.9 Å². The molecule has 2 N–H and O–H groups in total. The molecule has 0 bridgehead atoms. The molecule has 1 amide bonds. The summed E-state index contributed by atoms with van der Waals surface area (Å²) in [7, 11) is 2.02. The summed E-state index contributed by atoms with van der Waals surface area (Å²) in [6.45, 7) is 1.86. The first-order chi connectivity index (χ1) is 10.5. The summed E-state index contributed by atoms with van der Waals surface area (Å²) in [4.78, 5) is 13.2. The number of nitrogens with one attached hydrogen (secondary N) is 2. The van der Waals surface area contributed by atoms with Crippen molar-refractivity contribution in [2.45, 2.75) is 16.7 Å². The molecule has 1 aromatic carbocycles. The van der Waals surface area contributed by atoms with E-state index in [2.05, 4.69) is 15.5 Å². The van der Waals surface area contributed by atoms with Crippen molar-refractivity contribution in [2.75, 3.05) is 7.05 Å². The van der Waals surface area contributed by atoms with Crippen molar-refractivity contribution in [1.82, 2.24) is 20.1 Å². The SMILES string of the molecule is CNC(=O)c1cc(S(=O)c2ccc3[nH]ncc3c2)c(C)n1C. The van der Waals surface area contributed by atoms with E-state index in [1.165, 1.54) is 0 Å². The number of aromatic amines is 1. The second-order valence-electron chi connectivity index (χ2n) is 5.01. The maximum absolute atomic E-state index is 12.8. The van der Waals surface area contributed by atoms with E-state index in [0.29, 0.717) is 15.5 Å². The Kier molecular flexibility index (Phi) is 3.58. The van der Waals surface area contributed by atoms with E-state index in [-0.39, 0.29) is 5.91 Å². The Labute approximate surface area is 130 Å². The summed E-state index contributed by atoms with van der Waals surface area (Å²) in [6, 6.07) is 7.20. The third kappa shape index (κ3) is 2.23. The highest BCUT2D eigenvalue weighted by Crippen LogP contribution is 2.25. The highest BCUT2D eigenvalue weighted by atomic mass is 32.2. The van der Waals surface area contributed by atoms with Crippen LogP contribution in [-0.4, -0.2) is 31.9 Å². The zero-order chi connectivity index (χ0) is 15.9. The number of hydrogen-bond acceptors (Lipinski definition) is 3. The van der Waals surface area contributed by atoms with Gasteiger partial charge in [-0.15, -0.1) is 0 Å². The fourth-order valence-electron chi connectivity index (χ4n) is 2.37. The lowest BCUT2D eigenvalue weighted by Gasteiger charge is -2.04. The van der Waals surface area contributed by atoms with Crippen molar-refractivity contribution in [3.63, 3.8) is 0 Å². The molecule has 1 atom stereocenters. The summed E-state index contributed by atoms with van der Waals surface area (Å²) in [5.41, 5.74) is 2.20. The summed E-state index contributed by atoms with van der Waals surface area (Å²) >= 11 is 0. The quantitative estimate of drug-likeness (QED) is 0.772. The van der Waals surface area contributed by atoms with Gasteiger partial charge in [-0.25, -0.2) is 4.21 Å². The molecule has 2 heterocycles. The summed E-state index contributed by atoms with van der Waals surface area (Å²) in [5, 5.41) is 10.3. The fourth-order valence-corrected chi connectivity index (χ4v) is 3.67. The summed E-state index contributed by atoms with van der Waals surface area (Å²) in [5.74, 6) is -0.195. The molecule has 2 aromatic heterocycles. The minimum Gasteiger partial charge on any atom is -0.354 e. The maximum atomic E-state index is 12.8. The fraction of sp³-hybridized carbons (Fsp3) is 0.200. The average molecular weight is 316 g/mol. The van der Waals surface area contributed by atoms with Crippen LogP contribution >= 0.6 is 0 Å². The molecule has 7 heteroatoms. The highest BCUT2D eigenvalue weighted by molar-refractivity contribution is 7.85. The van der Waals surface area contributed by atoms with Gasteiger partial charge >= 0.3 is 0 Å². The zero-order valence-corrected chi connectivity index (χ0v) is 13.3. The number of hydrogen-bond donors (Lipinski definition) is 2. The van der Waals surface area contributed by atoms with E-state index < -0.39 is 10.8 Å². The van der Waals surface area contributed by atoms with Gasteiger partial charge in [0.05, 0.1) is 27.4 Å². The van der Waals surface area contributed by atoms with Crippen molar-refractivity contribution in [3.8, 4) is 0 Å². The van der Waals surface area contributed by atoms with Gasteiger partial charge in [0, 0.05) is 30.1 Å². The van der Waals surface area contributed by atoms with Crippen molar-refractivity contribution in [2.24, 2.45) is 7.05 Å². The molecule has 3 aromatic rings. The van der Waals surface area contributed by atoms with Gasteiger partial charge in [-0.05, 0) is 31.2 Å². The second kappa shape index (κ2) is 5.42. The van der Waals surface area contributed by atoms with Gasteiger partial charge < -0.3 is 9.88 Å². The van der Waals surface area contributed by atoms with Gasteiger partial charge in [0.2, 0.25) is 0 Å². The molecular weight excluding hydrogens is 300 g/mol. The van der Waals surface area contributed by atoms with Crippen LogP contribution in [0.15, 0.2) is 40.3 Å². The molecule has 0 radical (unpaired) electrons. The normalized spacial score (nSPS) is 12.5. The van der Waals surface area contributed by atoms with Crippen LogP contribution < -0.4 is 5.32 Å². The topological polar surface area (TPSA) is 79.8 Å². The van der Waals surface area contributed by atoms with Gasteiger partial charge in [0.1, 0.15) is 5.69 Å². The van der Waals surface area contributed by atoms with E-state index >= 15 is 0 Å². The molecule has 6 nitrogen and oxygen atoms in total. The minimum absolute atomic E-state index is 0.195. The lowest BCUT2D eigenvalue weighted by Crippen LogP contribution is -2.20. The number of rotatable bonds is 3. The Hall–Kier alpha value is -2.41. The Morgan fingerprint density at radius 2 is 2.14 bits per heavy atom. The van der Waals surface area contributed by atoms with E-state index in [0.717, 1.165) is 16.6 Å². The molecule has 0 aliphatic heterocycles. The molecule has 1 unspecified atom stereocenters. The minimum atomic E-state index is -1.35. The average Bonchev–Trinajstić information content (AvgIpc) is 3.11. The summed E-state index contributed by atoms with van der Waals surface area (Å²) < 4.78 is 14.6. The molecular formula is C15H16N4O2S. The number of benzene rings is 1. The Balaban J connectivity index is 2.06. The predicted molar refractivity (Wildman–Crippen MR) is 84.3 cm³/mol. The van der Waals surface area contributed by atoms with Crippen LogP contribution in [0.3, 0.4) is 0 Å². The predicted octanol–water partition coefficient (Wildman–Crippen LogP) is 1.74. The van der Waals surface area contributed by atoms with E-state index in [4.69, 9.17) is 0 Å². The number of aromatic nitrogens is 3. The van der Waals surface area contributed by atoms with Crippen LogP contribution in [0.4, 0.5) is 0 Å². The number of carbonyl (C=O) groups is 1. The Morgan fingerprint density at radius 1 is 1.36 bits per heavy atom. The molecule has 0 fully saturated rings. The van der Waals surface area contributed by atoms with Crippen LogP contribution in [0.2, 0.25) is 0 Å². The first-order valence-electron chi connectivity index (χ1n) is 6.76. The van der Waals surface area contributed by atoms with Crippen LogP contribution in [0.1, 0.15) is 16.2 Å². The van der Waals surface area contributed by atoms with E-state index in [1.807, 2.05) is 25.1 Å². The highest BCUT2D eigenvalue weighted by Gasteiger charge is 2.19. The molecule has 0 saturated heterocycles. The molecule has 0 spiro atoms. The first-order valence-corrected chi connectivity index (χ1v) is 7.91. The van der Waals surface area contributed by atoms with Crippen LogP contribution in [0.5, 0.6) is 0 Å². The zero-order valence-electron chi connectivity index (χ0n) is 12.5. The molecule has 3 rings (SSSR count). The molecule has 0 aliphatic carbocycles. The molecule has 22 heavy (non-hydrogen) atoms. The van der Waals surface area contributed by atoms with Crippen molar-refractivity contribution in [1.29, 1.82) is 0 Å². The third-order valence-corrected chi connectivity index (χ3v) is 5.27. The largest absolute Gasteiger partial charge is 0.354 e. The van der Waals surface area contributed by atoms with Crippen LogP contribution in [-0.2, 0) is 17.8 Å². The lowest BCUT2D eigenvalue weighted by molar-refractivity contribution is 0.0955. The summed E-state index contributed by atoms with van der Waals surface area (Å²) in [6.07, 6.45) is 1.70. The van der Waals surface area contributed by atoms with Gasteiger partial charge in [-0.2, -0.15) is 5.10 Å². The van der Waals surface area contributed by atoms with Gasteiger partial charge in [0.15, 0.2) is 0 Å². The molecule has 0 saturated carbocycles. The van der Waals surface area contributed by atoms with Crippen LogP contribution in [0, 0.1) is 6.92 Å². The number of fused-ring (bicyclic) bond motifs is 1. The van der Waals surface area contributed by atoms with Gasteiger partial charge in [-0.1, -0.05) is 0 Å². The first kappa shape index (κ1) is 14.5. The Morgan fingerprint density at radius 3 is 2.86 bits per heavy atom. The number of H-pyrrole nitrogens is 1. The number of amides is 1. The van der Waals surface area contributed by atoms with E-state index in [9.17, 15) is 9.00 Å². The van der Waals surface area contributed by atoms with Crippen molar-refractivity contribution < 1.29 is 9.00 Å². The number of carbonyl (C=O) groups excluding carboxylic acids is 1. The Bertz CT molecular complexity index is 894. The second-order valence-corrected chi connectivity index (χ2v) is 6.45. The number of nitrogens with zero attached hydrogens (tertiary/aromatic N) is 2. The monoisotopic (exact) mass is 316 g/mol. The molecule has 0 aliphatic rings. The van der Waals surface area contributed by atoms with Crippen LogP contribution in [0.25, 0.3) is 10.9 Å².